The van der Waals surface area contributed by atoms with E-state index in [0.29, 0.717) is 23.4 Å². The zero-order valence-electron chi connectivity index (χ0n) is 16.0. The van der Waals surface area contributed by atoms with Gasteiger partial charge in [0.1, 0.15) is 11.0 Å². The van der Waals surface area contributed by atoms with Gasteiger partial charge in [-0.25, -0.2) is 4.79 Å². The van der Waals surface area contributed by atoms with Gasteiger partial charge in [0.2, 0.25) is 5.91 Å². The number of anilines is 1. The van der Waals surface area contributed by atoms with Crippen LogP contribution in [-0.2, 0) is 10.2 Å². The number of nitrogens with zero attached hydrogens (tertiary/aromatic N) is 1. The number of carbonyl (C=O) groups excluding carboxylic acids is 1. The lowest BCUT2D eigenvalue weighted by molar-refractivity contribution is -0.120. The molecule has 4 heteroatoms. The van der Waals surface area contributed by atoms with Gasteiger partial charge >= 0.3 is 5.63 Å². The molecule has 0 atom stereocenters. The van der Waals surface area contributed by atoms with Crippen molar-refractivity contribution in [2.24, 2.45) is 0 Å². The van der Waals surface area contributed by atoms with E-state index in [0.717, 1.165) is 16.5 Å². The summed E-state index contributed by atoms with van der Waals surface area (Å²) in [5, 5.41) is 0.769. The number of rotatable bonds is 3. The van der Waals surface area contributed by atoms with E-state index in [4.69, 9.17) is 4.42 Å². The number of hydrogen-bond donors (Lipinski definition) is 0. The maximum absolute atomic E-state index is 14.1. The minimum atomic E-state index is -1.24. The quantitative estimate of drug-likeness (QED) is 0.491. The first-order valence-electron chi connectivity index (χ1n) is 9.69. The van der Waals surface area contributed by atoms with Crippen LogP contribution >= 0.6 is 0 Å². The molecule has 1 aromatic heterocycles. The number of likely N-dealkylation sites (N-methyl/N-ethyl adjacent to an activating group) is 1. The Hall–Kier alpha value is -3.66. The summed E-state index contributed by atoms with van der Waals surface area (Å²) in [4.78, 5) is 29.1. The summed E-state index contributed by atoms with van der Waals surface area (Å²) in [6, 6.07) is 26.4. The Balaban J connectivity index is 2.01. The topological polar surface area (TPSA) is 50.5 Å². The summed E-state index contributed by atoms with van der Waals surface area (Å²) >= 11 is 0. The van der Waals surface area contributed by atoms with Gasteiger partial charge in [-0.15, -0.1) is 0 Å². The van der Waals surface area contributed by atoms with Crippen molar-refractivity contribution >= 4 is 22.6 Å². The minimum absolute atomic E-state index is 0.129. The van der Waals surface area contributed by atoms with E-state index in [1.165, 1.54) is 0 Å². The van der Waals surface area contributed by atoms with Gasteiger partial charge in [0.25, 0.3) is 0 Å². The normalized spacial score (nSPS) is 14.9. The average molecular weight is 381 g/mol. The highest BCUT2D eigenvalue weighted by Crippen LogP contribution is 2.50. The second-order valence-electron chi connectivity index (χ2n) is 7.14. The lowest BCUT2D eigenvalue weighted by Crippen LogP contribution is -2.43. The summed E-state index contributed by atoms with van der Waals surface area (Å²) in [6.45, 7) is 2.39. The van der Waals surface area contributed by atoms with Crippen LogP contribution < -0.4 is 10.5 Å². The third kappa shape index (κ3) is 2.26. The summed E-state index contributed by atoms with van der Waals surface area (Å²) < 4.78 is 5.71. The lowest BCUT2D eigenvalue weighted by atomic mass is 9.70. The van der Waals surface area contributed by atoms with E-state index in [2.05, 4.69) is 0 Å². The number of amides is 1. The predicted octanol–water partition coefficient (Wildman–Crippen LogP) is 4.49. The van der Waals surface area contributed by atoms with Crippen molar-refractivity contribution < 1.29 is 9.21 Å². The van der Waals surface area contributed by atoms with Crippen molar-refractivity contribution in [1.29, 1.82) is 0 Å². The van der Waals surface area contributed by atoms with E-state index in [1.807, 2.05) is 85.8 Å². The molecule has 4 nitrogen and oxygen atoms in total. The molecule has 0 N–H and O–H groups in total. The standard InChI is InChI=1S/C25H19NO3/c1-2-26-22-19-15-9-10-16-20(19)29-23(27)21(22)25(24(26)28,17-11-5-3-6-12-17)18-13-7-4-8-14-18/h3-16H,2H2,1H3. The monoisotopic (exact) mass is 381 g/mol. The molecule has 1 aliphatic rings. The molecule has 2 heterocycles. The molecule has 0 bridgehead atoms. The smallest absolute Gasteiger partial charge is 0.343 e. The van der Waals surface area contributed by atoms with E-state index >= 15 is 0 Å². The molecule has 0 spiro atoms. The average Bonchev–Trinajstić information content (AvgIpc) is 3.05. The van der Waals surface area contributed by atoms with Gasteiger partial charge in [-0.3, -0.25) is 4.79 Å². The lowest BCUT2D eigenvalue weighted by Gasteiger charge is -2.29. The Morgan fingerprint density at radius 1 is 0.793 bits per heavy atom. The van der Waals surface area contributed by atoms with Gasteiger partial charge in [-0.1, -0.05) is 72.8 Å². The number of para-hydroxylation sites is 1. The first-order valence-corrected chi connectivity index (χ1v) is 9.69. The third-order valence-corrected chi connectivity index (χ3v) is 5.73. The summed E-state index contributed by atoms with van der Waals surface area (Å²) in [5.41, 5.74) is 1.33. The molecule has 1 amide bonds. The van der Waals surface area contributed by atoms with Crippen LogP contribution in [0, 0.1) is 0 Å². The predicted molar refractivity (Wildman–Crippen MR) is 113 cm³/mol. The first-order chi connectivity index (χ1) is 14.2. The molecule has 0 radical (unpaired) electrons. The van der Waals surface area contributed by atoms with E-state index in [-0.39, 0.29) is 5.91 Å². The molecule has 0 aliphatic carbocycles. The molecule has 0 saturated carbocycles. The van der Waals surface area contributed by atoms with Gasteiger partial charge in [-0.05, 0) is 30.2 Å². The number of carbonyl (C=O) groups is 1. The fraction of sp³-hybridized carbons (Fsp3) is 0.120. The zero-order valence-corrected chi connectivity index (χ0v) is 16.0. The van der Waals surface area contributed by atoms with Crippen molar-refractivity contribution in [3.63, 3.8) is 0 Å². The van der Waals surface area contributed by atoms with Crippen LogP contribution in [0.5, 0.6) is 0 Å². The maximum Gasteiger partial charge on any atom is 0.343 e. The van der Waals surface area contributed by atoms with Crippen LogP contribution in [0.15, 0.2) is 94.1 Å². The molecule has 0 saturated heterocycles. The summed E-state index contributed by atoms with van der Waals surface area (Å²) in [5.74, 6) is -0.129. The van der Waals surface area contributed by atoms with Gasteiger partial charge in [0.15, 0.2) is 0 Å². The van der Waals surface area contributed by atoms with Crippen LogP contribution in [0.2, 0.25) is 0 Å². The Bertz CT molecular complexity index is 1240. The van der Waals surface area contributed by atoms with Crippen LogP contribution in [0.3, 0.4) is 0 Å². The highest BCUT2D eigenvalue weighted by Gasteiger charge is 2.56. The highest BCUT2D eigenvalue weighted by molar-refractivity contribution is 6.17. The minimum Gasteiger partial charge on any atom is -0.422 e. The number of benzene rings is 3. The maximum atomic E-state index is 14.1. The molecule has 142 valence electrons. The summed E-state index contributed by atoms with van der Waals surface area (Å²) in [7, 11) is 0. The van der Waals surface area contributed by atoms with Crippen molar-refractivity contribution in [3.05, 3.63) is 112 Å². The fourth-order valence-corrected chi connectivity index (χ4v) is 4.54. The Morgan fingerprint density at radius 2 is 1.34 bits per heavy atom. The largest absolute Gasteiger partial charge is 0.422 e. The fourth-order valence-electron chi connectivity index (χ4n) is 4.54. The van der Waals surface area contributed by atoms with E-state index in [9.17, 15) is 9.59 Å². The van der Waals surface area contributed by atoms with Crippen molar-refractivity contribution in [2.45, 2.75) is 12.3 Å². The van der Waals surface area contributed by atoms with Crippen LogP contribution in [-0.4, -0.2) is 12.5 Å². The molecule has 5 rings (SSSR count). The molecule has 4 aromatic rings. The van der Waals surface area contributed by atoms with Crippen LogP contribution in [0.1, 0.15) is 23.6 Å². The number of hydrogen-bond acceptors (Lipinski definition) is 3. The molecule has 1 aliphatic heterocycles. The van der Waals surface area contributed by atoms with Gasteiger partial charge in [-0.2, -0.15) is 0 Å². The second-order valence-corrected chi connectivity index (χ2v) is 7.14. The van der Waals surface area contributed by atoms with Crippen molar-refractivity contribution in [1.82, 2.24) is 0 Å². The highest BCUT2D eigenvalue weighted by atomic mass is 16.4. The Labute approximate surface area is 168 Å². The first kappa shape index (κ1) is 17.4. The Kier molecular flexibility index (Phi) is 3.88. The Morgan fingerprint density at radius 3 is 1.93 bits per heavy atom. The molecule has 3 aromatic carbocycles. The molecular weight excluding hydrogens is 362 g/mol. The number of fused-ring (bicyclic) bond motifs is 3. The third-order valence-electron chi connectivity index (χ3n) is 5.73. The van der Waals surface area contributed by atoms with Crippen LogP contribution in [0.4, 0.5) is 5.69 Å². The summed E-state index contributed by atoms with van der Waals surface area (Å²) in [6.07, 6.45) is 0. The second kappa shape index (κ2) is 6.45. The van der Waals surface area contributed by atoms with Gasteiger partial charge in [0, 0.05) is 11.9 Å². The van der Waals surface area contributed by atoms with Gasteiger partial charge in [0.05, 0.1) is 11.3 Å². The molecular formula is C25H19NO3. The van der Waals surface area contributed by atoms with Crippen LogP contribution in [0.25, 0.3) is 11.0 Å². The zero-order chi connectivity index (χ0) is 20.0. The molecule has 0 unspecified atom stereocenters. The molecule has 0 fully saturated rings. The SMILES string of the molecule is CCN1C(=O)C(c2ccccc2)(c2ccccc2)c2c1c1ccccc1oc2=O. The van der Waals surface area contributed by atoms with Gasteiger partial charge < -0.3 is 9.32 Å². The van der Waals surface area contributed by atoms with Crippen molar-refractivity contribution in [2.75, 3.05) is 11.4 Å². The van der Waals surface area contributed by atoms with E-state index in [1.54, 1.807) is 11.0 Å². The van der Waals surface area contributed by atoms with E-state index < -0.39 is 11.0 Å². The van der Waals surface area contributed by atoms with Crippen molar-refractivity contribution in [3.8, 4) is 0 Å². The molecule has 29 heavy (non-hydrogen) atoms.